The fraction of sp³-hybridized carbons (Fsp3) is 0.619. The molecule has 0 atom stereocenters. The molecule has 0 aliphatic heterocycles. The van der Waals surface area contributed by atoms with E-state index < -0.39 is 105 Å². The Morgan fingerprint density at radius 3 is 0.758 bits per heavy atom. The molecule has 0 aliphatic rings. The first-order valence-electron chi connectivity index (χ1n) is 9.85. The summed E-state index contributed by atoms with van der Waals surface area (Å²) in [4.78, 5) is 91.9. The topological polar surface area (TPSA) is 173 Å². The monoisotopic (exact) mass is 472 g/mol. The molecule has 33 heavy (non-hydrogen) atoms. The Balaban J connectivity index is 5.68. The largest absolute Gasteiger partial charge is 0.464 e. The summed E-state index contributed by atoms with van der Waals surface area (Å²) in [5, 5.41) is 0. The van der Waals surface area contributed by atoms with Crippen LogP contribution in [0.1, 0.15) is 53.4 Å². The third-order valence-electron chi connectivity index (χ3n) is 3.73. The number of esters is 4. The number of ketones is 4. The van der Waals surface area contributed by atoms with Crippen LogP contribution in [0.25, 0.3) is 0 Å². The van der Waals surface area contributed by atoms with Gasteiger partial charge in [0, 0.05) is 0 Å². The Labute approximate surface area is 190 Å². The maximum absolute atomic E-state index is 11.9. The molecule has 0 saturated carbocycles. The molecular formula is C21H28O12. The van der Waals surface area contributed by atoms with Gasteiger partial charge in [0.25, 0.3) is 0 Å². The van der Waals surface area contributed by atoms with Gasteiger partial charge in [-0.1, -0.05) is 0 Å². The minimum absolute atomic E-state index is 0.487. The van der Waals surface area contributed by atoms with E-state index >= 15 is 0 Å². The Morgan fingerprint density at radius 1 is 0.424 bits per heavy atom. The van der Waals surface area contributed by atoms with Gasteiger partial charge in [-0.05, 0) is 27.7 Å². The molecule has 0 heterocycles. The number of hydrogen-bond donors (Lipinski definition) is 0. The average molecular weight is 472 g/mol. The quantitative estimate of drug-likeness (QED) is 0.168. The van der Waals surface area contributed by atoms with Gasteiger partial charge in [0.15, 0.2) is 0 Å². The summed E-state index contributed by atoms with van der Waals surface area (Å²) in [5.41, 5.74) is -1.64. The van der Waals surface area contributed by atoms with E-state index in [0.717, 1.165) is 27.7 Å². The molecule has 184 valence electrons. The summed E-state index contributed by atoms with van der Waals surface area (Å²) in [5.74, 6) is -5.70. The number of carbonyl (C=O) groups is 8. The van der Waals surface area contributed by atoms with E-state index in [2.05, 4.69) is 0 Å². The molecule has 0 radical (unpaired) electrons. The molecule has 0 aromatic heterocycles. The summed E-state index contributed by atoms with van der Waals surface area (Å²) in [7, 11) is 0. The fourth-order valence-corrected chi connectivity index (χ4v) is 2.20. The van der Waals surface area contributed by atoms with Crippen LogP contribution in [0.3, 0.4) is 0 Å². The van der Waals surface area contributed by atoms with Gasteiger partial charge in [0.05, 0.1) is 0 Å². The standard InChI is InChI=1S/C21H28O12/c1-13(22)5-17(26)30-9-21(10-31-18(27)6-14(2)23,11-32-19(28)7-15(3)24)12-33-20(29)8-16(4)25/h5-12H2,1-4H3. The third kappa shape index (κ3) is 15.1. The van der Waals surface area contributed by atoms with Gasteiger partial charge in [0.1, 0.15) is 80.7 Å². The van der Waals surface area contributed by atoms with E-state index in [1.807, 2.05) is 0 Å². The molecule has 0 N–H and O–H groups in total. The Hall–Kier alpha value is -3.44. The number of ether oxygens (including phenoxy) is 4. The highest BCUT2D eigenvalue weighted by Crippen LogP contribution is 2.22. The molecule has 0 bridgehead atoms. The molecule has 0 aromatic carbocycles. The van der Waals surface area contributed by atoms with Crippen molar-refractivity contribution in [1.29, 1.82) is 0 Å². The predicted molar refractivity (Wildman–Crippen MR) is 107 cm³/mol. The van der Waals surface area contributed by atoms with Crippen LogP contribution < -0.4 is 0 Å². The molecule has 12 heteroatoms. The van der Waals surface area contributed by atoms with E-state index in [-0.39, 0.29) is 0 Å². The zero-order chi connectivity index (χ0) is 25.6. The molecule has 0 spiro atoms. The molecule has 12 nitrogen and oxygen atoms in total. The van der Waals surface area contributed by atoms with Crippen molar-refractivity contribution in [2.24, 2.45) is 5.41 Å². The lowest BCUT2D eigenvalue weighted by molar-refractivity contribution is -0.170. The van der Waals surface area contributed by atoms with Crippen LogP contribution in [-0.2, 0) is 57.3 Å². The second-order valence-corrected chi connectivity index (χ2v) is 7.66. The van der Waals surface area contributed by atoms with E-state index in [0.29, 0.717) is 0 Å². The zero-order valence-electron chi connectivity index (χ0n) is 19.1. The molecule has 0 rings (SSSR count). The van der Waals surface area contributed by atoms with Crippen LogP contribution in [0.15, 0.2) is 0 Å². The van der Waals surface area contributed by atoms with Crippen molar-refractivity contribution in [3.05, 3.63) is 0 Å². The first-order chi connectivity index (χ1) is 15.2. The molecule has 0 aromatic rings. The molecule has 0 aliphatic carbocycles. The summed E-state index contributed by atoms with van der Waals surface area (Å²) in [6.07, 6.45) is -2.24. The van der Waals surface area contributed by atoms with Crippen LogP contribution in [0.4, 0.5) is 0 Å². The van der Waals surface area contributed by atoms with E-state index in [4.69, 9.17) is 18.9 Å². The van der Waals surface area contributed by atoms with Crippen molar-refractivity contribution in [2.45, 2.75) is 53.4 Å². The SMILES string of the molecule is CC(=O)CC(=O)OCC(COC(=O)CC(C)=O)(COC(=O)CC(C)=O)COC(=O)CC(C)=O. The first kappa shape index (κ1) is 29.6. The highest BCUT2D eigenvalue weighted by Gasteiger charge is 2.38. The van der Waals surface area contributed by atoms with Crippen molar-refractivity contribution < 1.29 is 57.3 Å². The first-order valence-corrected chi connectivity index (χ1v) is 9.85. The number of Topliss-reactive ketones (excluding diaryl/α,β-unsaturated/α-hetero) is 4. The van der Waals surface area contributed by atoms with Gasteiger partial charge in [-0.2, -0.15) is 0 Å². The fourth-order valence-electron chi connectivity index (χ4n) is 2.20. The summed E-state index contributed by atoms with van der Waals surface area (Å²) in [6.45, 7) is 2.16. The van der Waals surface area contributed by atoms with Crippen LogP contribution >= 0.6 is 0 Å². The van der Waals surface area contributed by atoms with Gasteiger partial charge in [-0.15, -0.1) is 0 Å². The van der Waals surface area contributed by atoms with Crippen molar-refractivity contribution in [3.63, 3.8) is 0 Å². The summed E-state index contributed by atoms with van der Waals surface area (Å²) >= 11 is 0. The van der Waals surface area contributed by atoms with Gasteiger partial charge < -0.3 is 18.9 Å². The molecule has 0 saturated heterocycles. The van der Waals surface area contributed by atoms with E-state index in [9.17, 15) is 38.4 Å². The highest BCUT2D eigenvalue weighted by molar-refractivity contribution is 5.95. The lowest BCUT2D eigenvalue weighted by Crippen LogP contribution is -2.44. The Morgan fingerprint density at radius 2 is 0.606 bits per heavy atom. The maximum atomic E-state index is 11.9. The number of rotatable bonds is 16. The van der Waals surface area contributed by atoms with Gasteiger partial charge in [0.2, 0.25) is 0 Å². The zero-order valence-corrected chi connectivity index (χ0v) is 19.1. The Bertz CT molecular complexity index is 662. The lowest BCUT2D eigenvalue weighted by Gasteiger charge is -2.31. The molecule has 0 amide bonds. The smallest absolute Gasteiger partial charge is 0.313 e. The lowest BCUT2D eigenvalue weighted by atomic mass is 9.92. The van der Waals surface area contributed by atoms with Gasteiger partial charge in [-0.25, -0.2) is 0 Å². The molecular weight excluding hydrogens is 444 g/mol. The van der Waals surface area contributed by atoms with Crippen molar-refractivity contribution in [1.82, 2.24) is 0 Å². The van der Waals surface area contributed by atoms with Gasteiger partial charge in [-0.3, -0.25) is 38.4 Å². The van der Waals surface area contributed by atoms with E-state index in [1.165, 1.54) is 0 Å². The minimum Gasteiger partial charge on any atom is -0.464 e. The normalized spacial score (nSPS) is 10.5. The highest BCUT2D eigenvalue weighted by atomic mass is 16.6. The van der Waals surface area contributed by atoms with Crippen LogP contribution in [-0.4, -0.2) is 73.4 Å². The van der Waals surface area contributed by atoms with E-state index in [1.54, 1.807) is 0 Å². The Kier molecular flexibility index (Phi) is 13.1. The van der Waals surface area contributed by atoms with Crippen molar-refractivity contribution >= 4 is 47.0 Å². The van der Waals surface area contributed by atoms with Crippen LogP contribution in [0.2, 0.25) is 0 Å². The summed E-state index contributed by atoms with van der Waals surface area (Å²) in [6, 6.07) is 0. The second kappa shape index (κ2) is 14.6. The average Bonchev–Trinajstić information content (AvgIpc) is 2.64. The van der Waals surface area contributed by atoms with Crippen LogP contribution in [0, 0.1) is 5.41 Å². The third-order valence-corrected chi connectivity index (χ3v) is 3.73. The van der Waals surface area contributed by atoms with Gasteiger partial charge >= 0.3 is 23.9 Å². The van der Waals surface area contributed by atoms with Crippen molar-refractivity contribution in [2.75, 3.05) is 26.4 Å². The maximum Gasteiger partial charge on any atom is 0.313 e. The molecule has 0 unspecified atom stereocenters. The van der Waals surface area contributed by atoms with Crippen molar-refractivity contribution in [3.8, 4) is 0 Å². The minimum atomic E-state index is -1.64. The van der Waals surface area contributed by atoms with Crippen LogP contribution in [0.5, 0.6) is 0 Å². The number of hydrogen-bond acceptors (Lipinski definition) is 12. The number of carbonyl (C=O) groups excluding carboxylic acids is 8. The second-order valence-electron chi connectivity index (χ2n) is 7.66. The molecule has 0 fully saturated rings. The predicted octanol–water partition coefficient (Wildman–Crippen LogP) is 0.0620. The summed E-state index contributed by atoms with van der Waals surface area (Å²) < 4.78 is 20.1.